The molecule has 0 saturated carbocycles. The number of piperidine rings is 1. The lowest BCUT2D eigenvalue weighted by Gasteiger charge is -2.33. The summed E-state index contributed by atoms with van der Waals surface area (Å²) in [4.78, 5) is 2.88. The van der Waals surface area contributed by atoms with Gasteiger partial charge in [-0.3, -0.25) is 0 Å². The fraction of sp³-hybridized carbons (Fsp3) is 0.455. The summed E-state index contributed by atoms with van der Waals surface area (Å²) >= 11 is 4.18. The number of benzene rings is 1. The first-order valence-corrected chi connectivity index (χ1v) is 5.43. The van der Waals surface area contributed by atoms with Crippen LogP contribution in [0.25, 0.3) is 0 Å². The molecule has 0 bridgehead atoms. The Morgan fingerprint density at radius 1 is 1.07 bits per heavy atom. The number of alkyl halides is 2. The normalized spacial score (nSPS) is 20.3. The fourth-order valence-electron chi connectivity index (χ4n) is 1.76. The van der Waals surface area contributed by atoms with Crippen molar-refractivity contribution in [2.45, 2.75) is 23.7 Å². The number of rotatable bonds is 1. The van der Waals surface area contributed by atoms with Crippen molar-refractivity contribution in [3.05, 3.63) is 24.3 Å². The maximum atomic E-state index is 12.9. The van der Waals surface area contributed by atoms with Crippen molar-refractivity contribution >= 4 is 18.3 Å². The molecule has 0 aliphatic carbocycles. The van der Waals surface area contributed by atoms with Crippen LogP contribution in [0.4, 0.5) is 14.5 Å². The van der Waals surface area contributed by atoms with Crippen molar-refractivity contribution in [3.63, 3.8) is 0 Å². The first kappa shape index (κ1) is 10.7. The van der Waals surface area contributed by atoms with Crippen molar-refractivity contribution in [1.82, 2.24) is 0 Å². The highest BCUT2D eigenvalue weighted by molar-refractivity contribution is 7.80. The summed E-state index contributed by atoms with van der Waals surface area (Å²) < 4.78 is 25.8. The molecule has 2 rings (SSSR count). The minimum atomic E-state index is -2.47. The van der Waals surface area contributed by atoms with E-state index in [2.05, 4.69) is 12.6 Å². The molecule has 82 valence electrons. The van der Waals surface area contributed by atoms with E-state index >= 15 is 0 Å². The molecule has 0 spiro atoms. The van der Waals surface area contributed by atoms with Gasteiger partial charge in [0.25, 0.3) is 5.92 Å². The summed E-state index contributed by atoms with van der Waals surface area (Å²) in [6.07, 6.45) is -0.0920. The molecule has 1 fully saturated rings. The Hall–Kier alpha value is -0.770. The van der Waals surface area contributed by atoms with Gasteiger partial charge in [0.15, 0.2) is 0 Å². The van der Waals surface area contributed by atoms with Crippen LogP contribution in [0.3, 0.4) is 0 Å². The van der Waals surface area contributed by atoms with Crippen molar-refractivity contribution < 1.29 is 8.78 Å². The Balaban J connectivity index is 2.04. The Morgan fingerprint density at radius 2 is 1.60 bits per heavy atom. The van der Waals surface area contributed by atoms with E-state index in [4.69, 9.17) is 0 Å². The smallest absolute Gasteiger partial charge is 0.251 e. The lowest BCUT2D eigenvalue weighted by atomic mass is 10.1. The van der Waals surface area contributed by atoms with Gasteiger partial charge in [0.1, 0.15) is 0 Å². The van der Waals surface area contributed by atoms with Gasteiger partial charge in [-0.15, -0.1) is 12.6 Å². The zero-order chi connectivity index (χ0) is 10.9. The van der Waals surface area contributed by atoms with Crippen molar-refractivity contribution in [3.8, 4) is 0 Å². The molecule has 0 radical (unpaired) electrons. The highest BCUT2D eigenvalue weighted by Crippen LogP contribution is 2.30. The molecule has 4 heteroatoms. The largest absolute Gasteiger partial charge is 0.371 e. The molecular weight excluding hydrogens is 216 g/mol. The van der Waals surface area contributed by atoms with Gasteiger partial charge in [-0.25, -0.2) is 8.78 Å². The number of anilines is 1. The minimum Gasteiger partial charge on any atom is -0.371 e. The second-order valence-electron chi connectivity index (χ2n) is 3.86. The molecule has 1 saturated heterocycles. The van der Waals surface area contributed by atoms with Crippen LogP contribution in [0.5, 0.6) is 0 Å². The van der Waals surface area contributed by atoms with Crippen LogP contribution in [0.1, 0.15) is 12.8 Å². The van der Waals surface area contributed by atoms with Crippen molar-refractivity contribution in [1.29, 1.82) is 0 Å². The summed E-state index contributed by atoms with van der Waals surface area (Å²) in [6.45, 7) is 0.859. The standard InChI is InChI=1S/C11H13F2NS/c12-11(13)5-7-14(8-6-11)9-1-3-10(15)4-2-9/h1-4,15H,5-8H2. The molecule has 0 N–H and O–H groups in total. The Morgan fingerprint density at radius 3 is 2.13 bits per heavy atom. The maximum Gasteiger partial charge on any atom is 0.251 e. The molecule has 0 aromatic heterocycles. The Kier molecular flexibility index (Phi) is 2.87. The van der Waals surface area contributed by atoms with E-state index < -0.39 is 5.92 Å². The second kappa shape index (κ2) is 4.00. The van der Waals surface area contributed by atoms with E-state index in [0.717, 1.165) is 10.6 Å². The van der Waals surface area contributed by atoms with Gasteiger partial charge in [-0.1, -0.05) is 0 Å². The summed E-state index contributed by atoms with van der Waals surface area (Å²) in [5.74, 6) is -2.47. The third-order valence-corrected chi connectivity index (χ3v) is 3.01. The van der Waals surface area contributed by atoms with E-state index in [0.29, 0.717) is 13.1 Å². The SMILES string of the molecule is FC1(F)CCN(c2ccc(S)cc2)CC1. The number of hydrogen-bond donors (Lipinski definition) is 1. The topological polar surface area (TPSA) is 3.24 Å². The molecule has 0 unspecified atom stereocenters. The molecule has 0 amide bonds. The summed E-state index contributed by atoms with van der Waals surface area (Å²) in [5.41, 5.74) is 1.00. The molecule has 1 aliphatic rings. The van der Waals surface area contributed by atoms with Gasteiger partial charge in [-0.05, 0) is 24.3 Å². The highest BCUT2D eigenvalue weighted by atomic mass is 32.1. The Bertz CT molecular complexity index is 327. The molecule has 1 aliphatic heterocycles. The van der Waals surface area contributed by atoms with Crippen LogP contribution in [0.2, 0.25) is 0 Å². The monoisotopic (exact) mass is 229 g/mol. The molecule has 1 aromatic carbocycles. The van der Waals surface area contributed by atoms with E-state index in [-0.39, 0.29) is 12.8 Å². The average molecular weight is 229 g/mol. The van der Waals surface area contributed by atoms with Gasteiger partial charge in [0.05, 0.1) is 0 Å². The first-order chi connectivity index (χ1) is 7.07. The lowest BCUT2D eigenvalue weighted by Crippen LogP contribution is -2.39. The van der Waals surface area contributed by atoms with Crippen LogP contribution in [-0.2, 0) is 0 Å². The minimum absolute atomic E-state index is 0.0460. The van der Waals surface area contributed by atoms with Crippen LogP contribution < -0.4 is 4.90 Å². The average Bonchev–Trinajstić information content (AvgIpc) is 2.20. The summed E-state index contributed by atoms with van der Waals surface area (Å²) in [7, 11) is 0. The summed E-state index contributed by atoms with van der Waals surface area (Å²) in [6, 6.07) is 7.61. The predicted octanol–water partition coefficient (Wildman–Crippen LogP) is 3.21. The molecule has 1 aromatic rings. The zero-order valence-corrected chi connectivity index (χ0v) is 9.18. The molecule has 15 heavy (non-hydrogen) atoms. The zero-order valence-electron chi connectivity index (χ0n) is 8.29. The third kappa shape index (κ3) is 2.62. The third-order valence-electron chi connectivity index (χ3n) is 2.71. The van der Waals surface area contributed by atoms with E-state index in [1.807, 2.05) is 29.2 Å². The van der Waals surface area contributed by atoms with Crippen LogP contribution in [0.15, 0.2) is 29.2 Å². The highest BCUT2D eigenvalue weighted by Gasteiger charge is 2.33. The summed E-state index contributed by atoms with van der Waals surface area (Å²) in [5, 5.41) is 0. The maximum absolute atomic E-state index is 12.9. The van der Waals surface area contributed by atoms with Gasteiger partial charge in [0, 0.05) is 36.5 Å². The number of hydrogen-bond acceptors (Lipinski definition) is 2. The van der Waals surface area contributed by atoms with Gasteiger partial charge in [-0.2, -0.15) is 0 Å². The fourth-order valence-corrected chi connectivity index (χ4v) is 1.90. The lowest BCUT2D eigenvalue weighted by molar-refractivity contribution is -0.0220. The van der Waals surface area contributed by atoms with Gasteiger partial charge >= 0.3 is 0 Å². The second-order valence-corrected chi connectivity index (χ2v) is 4.38. The Labute approximate surface area is 93.5 Å². The van der Waals surface area contributed by atoms with E-state index in [1.54, 1.807) is 0 Å². The van der Waals surface area contributed by atoms with Crippen molar-refractivity contribution in [2.75, 3.05) is 18.0 Å². The quantitative estimate of drug-likeness (QED) is 0.724. The van der Waals surface area contributed by atoms with Gasteiger partial charge in [0.2, 0.25) is 0 Å². The molecule has 1 heterocycles. The van der Waals surface area contributed by atoms with Crippen LogP contribution in [-0.4, -0.2) is 19.0 Å². The molecule has 0 atom stereocenters. The molecule has 1 nitrogen and oxygen atoms in total. The van der Waals surface area contributed by atoms with Crippen molar-refractivity contribution in [2.24, 2.45) is 0 Å². The first-order valence-electron chi connectivity index (χ1n) is 4.99. The van der Waals surface area contributed by atoms with E-state index in [9.17, 15) is 8.78 Å². The molecular formula is C11H13F2NS. The van der Waals surface area contributed by atoms with Gasteiger partial charge < -0.3 is 4.90 Å². The number of thiol groups is 1. The number of halogens is 2. The van der Waals surface area contributed by atoms with E-state index in [1.165, 1.54) is 0 Å². The predicted molar refractivity (Wildman–Crippen MR) is 60.1 cm³/mol. The van der Waals surface area contributed by atoms with Crippen LogP contribution >= 0.6 is 12.6 Å². The van der Waals surface area contributed by atoms with Crippen LogP contribution in [0, 0.1) is 0 Å². The number of nitrogens with zero attached hydrogens (tertiary/aromatic N) is 1.